The number of allylic oxidation sites excluding steroid dienone is 2. The lowest BCUT2D eigenvalue weighted by Gasteiger charge is -2.58. The van der Waals surface area contributed by atoms with E-state index in [0.29, 0.717) is 24.4 Å². The van der Waals surface area contributed by atoms with Gasteiger partial charge < -0.3 is 9.47 Å². The van der Waals surface area contributed by atoms with Gasteiger partial charge in [-0.1, -0.05) is 31.6 Å². The lowest BCUT2D eigenvalue weighted by atomic mass is 9.47. The van der Waals surface area contributed by atoms with Crippen LogP contribution in [0.1, 0.15) is 72.6 Å². The first kappa shape index (κ1) is 24.3. The van der Waals surface area contributed by atoms with Crippen LogP contribution in [0.5, 0.6) is 0 Å². The maximum atomic E-state index is 11.7. The fraction of sp³-hybridized carbons (Fsp3) is 0.769. The lowest BCUT2D eigenvalue weighted by molar-refractivity contribution is -0.149. The number of carbonyl (C=O) groups excluding carboxylic acids is 2. The van der Waals surface area contributed by atoms with Crippen LogP contribution < -0.4 is 0 Å². The molecule has 0 spiro atoms. The molecule has 32 heavy (non-hydrogen) atoms. The molecule has 4 nitrogen and oxygen atoms in total. The molecule has 0 N–H and O–H groups in total. The van der Waals surface area contributed by atoms with Crippen LogP contribution in [0.4, 0.5) is 0 Å². The van der Waals surface area contributed by atoms with Crippen molar-refractivity contribution < 1.29 is 19.1 Å². The molecule has 0 bridgehead atoms. The van der Waals surface area contributed by atoms with E-state index in [-0.39, 0.29) is 28.9 Å². The zero-order chi connectivity index (χ0) is 22.9. The molecule has 0 radical (unpaired) electrons. The number of fused-ring (bicyclic) bond motifs is 3. The lowest BCUT2D eigenvalue weighted by Crippen LogP contribution is -2.51. The van der Waals surface area contributed by atoms with Gasteiger partial charge in [0, 0.05) is 29.9 Å². The van der Waals surface area contributed by atoms with Gasteiger partial charge in [0.1, 0.15) is 6.10 Å². The minimum Gasteiger partial charge on any atom is -0.465 e. The normalized spacial score (nSPS) is 39.2. The standard InChI is InChI=1S/C26H38O4S2/c1-17(27)29-16-25(3)10-9-22-21(23(25)15-24-31-12-5-13-32-24)7-6-19-14-20(30-18(2)28)8-11-26(19,22)4/h6,15,20-23H,5,7-14,16H2,1-4H3. The summed E-state index contributed by atoms with van der Waals surface area (Å²) in [6, 6.07) is 0. The van der Waals surface area contributed by atoms with E-state index in [1.165, 1.54) is 48.0 Å². The Morgan fingerprint density at radius 3 is 2.56 bits per heavy atom. The van der Waals surface area contributed by atoms with Crippen LogP contribution in [0.2, 0.25) is 0 Å². The first-order chi connectivity index (χ1) is 15.2. The average molecular weight is 479 g/mol. The van der Waals surface area contributed by atoms with Crippen molar-refractivity contribution in [2.24, 2.45) is 28.6 Å². The Morgan fingerprint density at radius 2 is 1.88 bits per heavy atom. The Hall–Kier alpha value is -0.880. The predicted molar refractivity (Wildman–Crippen MR) is 132 cm³/mol. The van der Waals surface area contributed by atoms with E-state index >= 15 is 0 Å². The molecule has 6 heteroatoms. The highest BCUT2D eigenvalue weighted by Gasteiger charge is 2.54. The van der Waals surface area contributed by atoms with Crippen molar-refractivity contribution in [3.05, 3.63) is 22.0 Å². The smallest absolute Gasteiger partial charge is 0.302 e. The van der Waals surface area contributed by atoms with Crippen LogP contribution in [-0.2, 0) is 19.1 Å². The van der Waals surface area contributed by atoms with E-state index in [1.54, 1.807) is 0 Å². The molecule has 6 atom stereocenters. The van der Waals surface area contributed by atoms with Crippen LogP contribution in [0.3, 0.4) is 0 Å². The number of hydrogen-bond donors (Lipinski definition) is 0. The number of rotatable bonds is 4. The summed E-state index contributed by atoms with van der Waals surface area (Å²) in [7, 11) is 0. The van der Waals surface area contributed by atoms with Gasteiger partial charge in [-0.2, -0.15) is 0 Å². The summed E-state index contributed by atoms with van der Waals surface area (Å²) in [5.74, 6) is 3.68. The molecule has 4 aliphatic rings. The molecule has 0 aromatic rings. The molecule has 0 aromatic heterocycles. The van der Waals surface area contributed by atoms with Gasteiger partial charge in [0.25, 0.3) is 0 Å². The minimum absolute atomic E-state index is 0.0188. The van der Waals surface area contributed by atoms with Gasteiger partial charge in [-0.15, -0.1) is 23.5 Å². The number of hydrogen-bond acceptors (Lipinski definition) is 6. The topological polar surface area (TPSA) is 52.6 Å². The van der Waals surface area contributed by atoms with Crippen LogP contribution in [0, 0.1) is 28.6 Å². The highest BCUT2D eigenvalue weighted by atomic mass is 32.2. The van der Waals surface area contributed by atoms with E-state index in [1.807, 2.05) is 23.5 Å². The summed E-state index contributed by atoms with van der Waals surface area (Å²) in [4.78, 5) is 23.2. The SMILES string of the molecule is CC(=O)OCC1(C)CCC2C(CC=C3CC(OC(C)=O)CCC32C)C1C=C1SCCCS1. The summed E-state index contributed by atoms with van der Waals surface area (Å²) < 4.78 is 12.7. The molecule has 4 rings (SSSR count). The van der Waals surface area contributed by atoms with Crippen molar-refractivity contribution in [3.63, 3.8) is 0 Å². The van der Waals surface area contributed by atoms with Crippen LogP contribution in [0.25, 0.3) is 0 Å². The van der Waals surface area contributed by atoms with E-state index in [0.717, 1.165) is 32.1 Å². The van der Waals surface area contributed by atoms with Gasteiger partial charge in [0.05, 0.1) is 6.61 Å². The van der Waals surface area contributed by atoms with Gasteiger partial charge in [-0.3, -0.25) is 9.59 Å². The highest BCUT2D eigenvalue weighted by Crippen LogP contribution is 2.62. The Bertz CT molecular complexity index is 798. The fourth-order valence-corrected chi connectivity index (χ4v) is 9.22. The second kappa shape index (κ2) is 9.77. The number of ether oxygens (including phenoxy) is 2. The molecule has 0 aromatic carbocycles. The molecule has 2 saturated carbocycles. The summed E-state index contributed by atoms with van der Waals surface area (Å²) >= 11 is 4.00. The van der Waals surface area contributed by atoms with Gasteiger partial charge >= 0.3 is 11.9 Å². The predicted octanol–water partition coefficient (Wildman–Crippen LogP) is 6.36. The third-order valence-electron chi connectivity index (χ3n) is 8.46. The molecule has 178 valence electrons. The monoisotopic (exact) mass is 478 g/mol. The average Bonchev–Trinajstić information content (AvgIpc) is 2.75. The van der Waals surface area contributed by atoms with E-state index in [4.69, 9.17) is 9.47 Å². The molecule has 3 aliphatic carbocycles. The zero-order valence-electron chi connectivity index (χ0n) is 20.0. The number of esters is 2. The molecule has 1 heterocycles. The fourth-order valence-electron chi connectivity index (χ4n) is 6.74. The van der Waals surface area contributed by atoms with Crippen molar-refractivity contribution in [2.75, 3.05) is 18.1 Å². The summed E-state index contributed by atoms with van der Waals surface area (Å²) in [6.07, 6.45) is 12.6. The second-order valence-electron chi connectivity index (χ2n) is 10.7. The molecular weight excluding hydrogens is 440 g/mol. The van der Waals surface area contributed by atoms with Crippen molar-refractivity contribution >= 4 is 35.5 Å². The molecule has 3 fully saturated rings. The van der Waals surface area contributed by atoms with E-state index < -0.39 is 0 Å². The van der Waals surface area contributed by atoms with Gasteiger partial charge in [-0.25, -0.2) is 0 Å². The maximum Gasteiger partial charge on any atom is 0.302 e. The van der Waals surface area contributed by atoms with Gasteiger partial charge in [0.15, 0.2) is 0 Å². The zero-order valence-corrected chi connectivity index (χ0v) is 21.6. The van der Waals surface area contributed by atoms with Crippen LogP contribution in [-0.4, -0.2) is 36.2 Å². The van der Waals surface area contributed by atoms with Crippen molar-refractivity contribution in [3.8, 4) is 0 Å². The Morgan fingerprint density at radius 1 is 1.12 bits per heavy atom. The van der Waals surface area contributed by atoms with Crippen molar-refractivity contribution in [2.45, 2.75) is 78.7 Å². The largest absolute Gasteiger partial charge is 0.465 e. The molecular formula is C26H38O4S2. The van der Waals surface area contributed by atoms with Gasteiger partial charge in [0.2, 0.25) is 0 Å². The van der Waals surface area contributed by atoms with Crippen molar-refractivity contribution in [1.82, 2.24) is 0 Å². The van der Waals surface area contributed by atoms with E-state index in [9.17, 15) is 9.59 Å². The second-order valence-corrected chi connectivity index (χ2v) is 13.2. The number of carbonyl (C=O) groups is 2. The van der Waals surface area contributed by atoms with E-state index in [2.05, 4.69) is 26.0 Å². The molecule has 0 amide bonds. The first-order valence-corrected chi connectivity index (χ1v) is 14.2. The number of thioether (sulfide) groups is 2. The third-order valence-corrected chi connectivity index (χ3v) is 11.0. The Labute approximate surface area is 201 Å². The third kappa shape index (κ3) is 4.96. The Kier molecular flexibility index (Phi) is 7.41. The molecule has 1 aliphatic heterocycles. The Balaban J connectivity index is 1.62. The summed E-state index contributed by atoms with van der Waals surface area (Å²) in [6.45, 7) is 8.35. The van der Waals surface area contributed by atoms with Crippen molar-refractivity contribution in [1.29, 1.82) is 0 Å². The van der Waals surface area contributed by atoms with Crippen LogP contribution in [0.15, 0.2) is 22.0 Å². The highest BCUT2D eigenvalue weighted by molar-refractivity contribution is 8.22. The molecule has 6 unspecified atom stereocenters. The quantitative estimate of drug-likeness (QED) is 0.346. The first-order valence-electron chi connectivity index (χ1n) is 12.2. The van der Waals surface area contributed by atoms with Gasteiger partial charge in [-0.05, 0) is 73.2 Å². The molecule has 1 saturated heterocycles. The summed E-state index contributed by atoms with van der Waals surface area (Å²) in [5, 5.41) is 0. The summed E-state index contributed by atoms with van der Waals surface area (Å²) in [5.41, 5.74) is 1.67. The maximum absolute atomic E-state index is 11.7. The van der Waals surface area contributed by atoms with Crippen LogP contribution >= 0.6 is 23.5 Å². The minimum atomic E-state index is -0.178.